The number of hydrogen-bond acceptors (Lipinski definition) is 15. The van der Waals surface area contributed by atoms with Crippen molar-refractivity contribution in [2.45, 2.75) is 21.6 Å². The van der Waals surface area contributed by atoms with Gasteiger partial charge in [0.15, 0.2) is 5.69 Å². The molecular weight excluding hydrogens is 750 g/mol. The second-order valence-electron chi connectivity index (χ2n) is 10.7. The zero-order valence-corrected chi connectivity index (χ0v) is 28.4. The first-order valence-electron chi connectivity index (χ1n) is 14.2. The number of benzene rings is 4. The fourth-order valence-corrected chi connectivity index (χ4v) is 6.91. The molecule has 0 spiro atoms. The zero-order valence-electron chi connectivity index (χ0n) is 26.0. The Morgan fingerprint density at radius 3 is 2.02 bits per heavy atom. The van der Waals surface area contributed by atoms with Gasteiger partial charge in [-0.25, -0.2) is 0 Å². The maximum atomic E-state index is 14.3. The molecule has 0 unspecified atom stereocenters. The highest BCUT2D eigenvalue weighted by Crippen LogP contribution is 2.36. The van der Waals surface area contributed by atoms with Gasteiger partial charge in [-0.3, -0.25) is 13.7 Å². The number of hydrogen-bond donors (Lipinski definition) is 6. The van der Waals surface area contributed by atoms with Crippen molar-refractivity contribution in [3.05, 3.63) is 90.6 Å². The van der Waals surface area contributed by atoms with Crippen LogP contribution >= 0.6 is 0 Å². The molecule has 0 amide bonds. The molecule has 52 heavy (non-hydrogen) atoms. The van der Waals surface area contributed by atoms with E-state index in [0.29, 0.717) is 10.4 Å². The normalized spacial score (nSPS) is 12.4. The third kappa shape index (κ3) is 7.53. The molecule has 19 nitrogen and oxygen atoms in total. The standard InChI is InChI=1S/C29H22FN9O10S3/c1-15-5-2-3-7-20(15)33-29-35-27(30)34-28(36-29)32-16-9-10-24(51(44,45)46)21(11-16)37-38-22-14-31-39(26(22)40)17-12-19-18(25(13-17)52(47,48)49)6-4-8-23(19)50(41,42)43/h2-14,40H,1H3,(H,41,42,43)(H,44,45,46)(H,47,48,49)(H2,32,33,34,35,36)/b38-37+. The van der Waals surface area contributed by atoms with Crippen LogP contribution in [-0.4, -0.2) is 68.8 Å². The van der Waals surface area contributed by atoms with Gasteiger partial charge in [0.05, 0.1) is 11.9 Å². The molecule has 268 valence electrons. The summed E-state index contributed by atoms with van der Waals surface area (Å²) in [7, 11) is -14.8. The van der Waals surface area contributed by atoms with Gasteiger partial charge in [0.2, 0.25) is 17.8 Å². The summed E-state index contributed by atoms with van der Waals surface area (Å²) in [6.07, 6.45) is -0.240. The predicted octanol–water partition coefficient (Wildman–Crippen LogP) is 5.01. The number of azo groups is 1. The number of rotatable bonds is 10. The summed E-state index contributed by atoms with van der Waals surface area (Å²) in [4.78, 5) is 9.08. The molecule has 23 heteroatoms. The van der Waals surface area contributed by atoms with Gasteiger partial charge < -0.3 is 15.7 Å². The number of aromatic hydroxyl groups is 1. The van der Waals surface area contributed by atoms with Crippen LogP contribution in [0.1, 0.15) is 5.56 Å². The van der Waals surface area contributed by atoms with Crippen molar-refractivity contribution in [3.63, 3.8) is 0 Å². The van der Waals surface area contributed by atoms with E-state index in [2.05, 4.69) is 40.9 Å². The number of anilines is 4. The van der Waals surface area contributed by atoms with Crippen LogP contribution < -0.4 is 10.6 Å². The maximum Gasteiger partial charge on any atom is 0.315 e. The SMILES string of the molecule is Cc1ccccc1Nc1nc(F)nc(Nc2ccc(S(=O)(=O)O)c(/N=N/c3cnn(-c4cc(S(=O)(=O)O)c5cccc(S(=O)(=O)O)c5c4)c3O)c2)n1. The summed E-state index contributed by atoms with van der Waals surface area (Å²) in [5, 5.41) is 27.3. The Balaban J connectivity index is 1.36. The average Bonchev–Trinajstić information content (AvgIpc) is 3.42. The second kappa shape index (κ2) is 13.3. The highest BCUT2D eigenvalue weighted by molar-refractivity contribution is 7.86. The quantitative estimate of drug-likeness (QED) is 0.0788. The number of nitrogens with one attached hydrogen (secondary N) is 2. The molecule has 0 saturated carbocycles. The molecular formula is C29H22FN9O10S3. The minimum atomic E-state index is -5.01. The van der Waals surface area contributed by atoms with Crippen molar-refractivity contribution in [2.75, 3.05) is 10.6 Å². The lowest BCUT2D eigenvalue weighted by Gasteiger charge is -2.11. The van der Waals surface area contributed by atoms with Crippen LogP contribution in [0.15, 0.2) is 104 Å². The van der Waals surface area contributed by atoms with Crippen LogP contribution in [0.5, 0.6) is 5.88 Å². The lowest BCUT2D eigenvalue weighted by atomic mass is 10.1. The van der Waals surface area contributed by atoms with Gasteiger partial charge in [-0.2, -0.15) is 54.4 Å². The van der Waals surface area contributed by atoms with E-state index in [0.717, 1.165) is 48.2 Å². The third-order valence-electron chi connectivity index (χ3n) is 7.19. The maximum absolute atomic E-state index is 14.3. The van der Waals surface area contributed by atoms with Crippen molar-refractivity contribution in [3.8, 4) is 11.6 Å². The Hall–Kier alpha value is -5.98. The molecule has 2 heterocycles. The van der Waals surface area contributed by atoms with Crippen molar-refractivity contribution >= 4 is 75.8 Å². The van der Waals surface area contributed by atoms with Crippen LogP contribution in [-0.2, 0) is 30.4 Å². The Morgan fingerprint density at radius 2 is 1.35 bits per heavy atom. The van der Waals surface area contributed by atoms with Crippen LogP contribution in [0.3, 0.4) is 0 Å². The summed E-state index contributed by atoms with van der Waals surface area (Å²) >= 11 is 0. The molecule has 2 aromatic heterocycles. The monoisotopic (exact) mass is 771 g/mol. The average molecular weight is 772 g/mol. The summed E-state index contributed by atoms with van der Waals surface area (Å²) < 4.78 is 117. The highest BCUT2D eigenvalue weighted by atomic mass is 32.2. The first kappa shape index (κ1) is 35.8. The molecule has 0 fully saturated rings. The summed E-state index contributed by atoms with van der Waals surface area (Å²) in [5.41, 5.74) is 0.190. The van der Waals surface area contributed by atoms with E-state index in [4.69, 9.17) is 0 Å². The number of para-hydroxylation sites is 1. The Kier molecular flexibility index (Phi) is 9.16. The van der Waals surface area contributed by atoms with E-state index in [9.17, 15) is 48.4 Å². The minimum Gasteiger partial charge on any atom is -0.492 e. The van der Waals surface area contributed by atoms with Gasteiger partial charge in [0.25, 0.3) is 30.4 Å². The number of fused-ring (bicyclic) bond motifs is 1. The van der Waals surface area contributed by atoms with Gasteiger partial charge in [0, 0.05) is 22.1 Å². The Bertz CT molecular complexity index is 2780. The first-order valence-corrected chi connectivity index (χ1v) is 18.5. The second-order valence-corrected chi connectivity index (χ2v) is 14.9. The molecule has 0 bridgehead atoms. The van der Waals surface area contributed by atoms with Crippen molar-refractivity contribution in [2.24, 2.45) is 10.2 Å². The fraction of sp³-hybridized carbons (Fsp3) is 0.0345. The number of nitrogens with zero attached hydrogens (tertiary/aromatic N) is 7. The fourth-order valence-electron chi connectivity index (χ4n) is 4.89. The molecule has 4 aromatic carbocycles. The summed E-state index contributed by atoms with van der Waals surface area (Å²) in [5.74, 6) is -1.29. The first-order chi connectivity index (χ1) is 24.4. The van der Waals surface area contributed by atoms with E-state index in [1.807, 2.05) is 13.0 Å². The predicted molar refractivity (Wildman–Crippen MR) is 180 cm³/mol. The van der Waals surface area contributed by atoms with E-state index in [-0.39, 0.29) is 34.0 Å². The molecule has 0 aliphatic rings. The van der Waals surface area contributed by atoms with Gasteiger partial charge in [-0.05, 0) is 55.0 Å². The number of aromatic nitrogens is 5. The van der Waals surface area contributed by atoms with Crippen LogP contribution in [0.4, 0.5) is 39.0 Å². The Labute approximate surface area is 292 Å². The molecule has 6 aromatic rings. The largest absolute Gasteiger partial charge is 0.492 e. The zero-order chi connectivity index (χ0) is 37.6. The number of aryl methyl sites for hydroxylation is 1. The van der Waals surface area contributed by atoms with E-state index in [1.165, 1.54) is 12.1 Å². The van der Waals surface area contributed by atoms with Crippen LogP contribution in [0, 0.1) is 13.0 Å². The van der Waals surface area contributed by atoms with Gasteiger partial charge in [0.1, 0.15) is 20.4 Å². The van der Waals surface area contributed by atoms with Crippen molar-refractivity contribution in [1.29, 1.82) is 0 Å². The molecule has 0 aliphatic heterocycles. The number of halogens is 1. The van der Waals surface area contributed by atoms with Crippen molar-refractivity contribution in [1.82, 2.24) is 24.7 Å². The summed E-state index contributed by atoms with van der Waals surface area (Å²) in [6, 6.07) is 15.5. The van der Waals surface area contributed by atoms with Gasteiger partial charge in [-0.15, -0.1) is 10.2 Å². The van der Waals surface area contributed by atoms with Gasteiger partial charge >= 0.3 is 6.08 Å². The smallest absolute Gasteiger partial charge is 0.315 e. The van der Waals surface area contributed by atoms with Gasteiger partial charge in [-0.1, -0.05) is 30.3 Å². The molecule has 6 N–H and O–H groups in total. The van der Waals surface area contributed by atoms with E-state index >= 15 is 0 Å². The van der Waals surface area contributed by atoms with Crippen LogP contribution in [0.25, 0.3) is 16.5 Å². The Morgan fingerprint density at radius 1 is 0.692 bits per heavy atom. The highest BCUT2D eigenvalue weighted by Gasteiger charge is 2.24. The van der Waals surface area contributed by atoms with E-state index in [1.54, 1.807) is 18.2 Å². The summed E-state index contributed by atoms with van der Waals surface area (Å²) in [6.45, 7) is 1.81. The molecule has 0 saturated heterocycles. The lowest BCUT2D eigenvalue weighted by Crippen LogP contribution is -2.07. The molecule has 0 radical (unpaired) electrons. The topological polar surface area (TPSA) is 289 Å². The molecule has 6 rings (SSSR count). The molecule has 0 aliphatic carbocycles. The van der Waals surface area contributed by atoms with Crippen LogP contribution in [0.2, 0.25) is 0 Å². The lowest BCUT2D eigenvalue weighted by molar-refractivity contribution is 0.434. The third-order valence-corrected chi connectivity index (χ3v) is 9.89. The minimum absolute atomic E-state index is 0.0391. The van der Waals surface area contributed by atoms with Crippen molar-refractivity contribution < 1.29 is 48.4 Å². The van der Waals surface area contributed by atoms with E-state index < -0.39 is 68.4 Å². The molecule has 0 atom stereocenters.